The summed E-state index contributed by atoms with van der Waals surface area (Å²) in [6.07, 6.45) is 3.65. The zero-order valence-electron chi connectivity index (χ0n) is 19.1. The third kappa shape index (κ3) is 4.93. The summed E-state index contributed by atoms with van der Waals surface area (Å²) in [5.41, 5.74) is 2.70. The average Bonchev–Trinajstić information content (AvgIpc) is 3.13. The normalized spacial score (nSPS) is 15.2. The van der Waals surface area contributed by atoms with Crippen LogP contribution in [0.15, 0.2) is 59.6 Å². The zero-order chi connectivity index (χ0) is 22.4. The van der Waals surface area contributed by atoms with Gasteiger partial charge in [0.05, 0.1) is 20.2 Å². The van der Waals surface area contributed by atoms with Gasteiger partial charge in [-0.3, -0.25) is 0 Å². The molecule has 2 N–H and O–H groups in total. The van der Waals surface area contributed by atoms with Gasteiger partial charge in [-0.25, -0.2) is 4.99 Å². The Morgan fingerprint density at radius 3 is 2.41 bits per heavy atom. The van der Waals surface area contributed by atoms with Gasteiger partial charge in [-0.05, 0) is 43.0 Å². The van der Waals surface area contributed by atoms with Crippen LogP contribution >= 0.6 is 0 Å². The number of aliphatic imine (C=N–C) groups is 1. The maximum Gasteiger partial charge on any atom is 0.192 e. The van der Waals surface area contributed by atoms with Crippen molar-refractivity contribution in [1.82, 2.24) is 25.4 Å². The fourth-order valence-corrected chi connectivity index (χ4v) is 4.06. The first kappa shape index (κ1) is 21.9. The van der Waals surface area contributed by atoms with E-state index < -0.39 is 0 Å². The van der Waals surface area contributed by atoms with Crippen LogP contribution < -0.4 is 15.4 Å². The third-order valence-electron chi connectivity index (χ3n) is 6.47. The molecule has 32 heavy (non-hydrogen) atoms. The monoisotopic (exact) mass is 432 g/mol. The number of nitrogens with zero attached hydrogens (tertiary/aromatic N) is 4. The fraction of sp³-hybridized carbons (Fsp3) is 0.400. The Balaban J connectivity index is 1.47. The maximum atomic E-state index is 5.26. The van der Waals surface area contributed by atoms with Crippen molar-refractivity contribution in [2.45, 2.75) is 44.7 Å². The van der Waals surface area contributed by atoms with Crippen molar-refractivity contribution in [3.05, 3.63) is 77.4 Å². The highest BCUT2D eigenvalue weighted by atomic mass is 16.5. The highest BCUT2D eigenvalue weighted by molar-refractivity contribution is 5.79. The second kappa shape index (κ2) is 9.85. The van der Waals surface area contributed by atoms with Gasteiger partial charge >= 0.3 is 0 Å². The largest absolute Gasteiger partial charge is 0.497 e. The Kier molecular flexibility index (Phi) is 6.73. The van der Waals surface area contributed by atoms with E-state index >= 15 is 0 Å². The first-order valence-electron chi connectivity index (χ1n) is 11.2. The van der Waals surface area contributed by atoms with E-state index in [2.05, 4.69) is 51.2 Å². The minimum atomic E-state index is 0.172. The number of hydrogen-bond acceptors (Lipinski definition) is 4. The van der Waals surface area contributed by atoms with Crippen LogP contribution in [-0.2, 0) is 25.6 Å². The van der Waals surface area contributed by atoms with Gasteiger partial charge in [-0.15, -0.1) is 10.2 Å². The number of benzene rings is 2. The number of methoxy groups -OCH3 is 1. The Morgan fingerprint density at radius 1 is 1.06 bits per heavy atom. The molecule has 1 aliphatic carbocycles. The van der Waals surface area contributed by atoms with Gasteiger partial charge in [-0.1, -0.05) is 48.9 Å². The summed E-state index contributed by atoms with van der Waals surface area (Å²) in [5.74, 6) is 3.40. The lowest BCUT2D eigenvalue weighted by Crippen LogP contribution is -2.48. The van der Waals surface area contributed by atoms with Crippen LogP contribution in [0.5, 0.6) is 5.75 Å². The van der Waals surface area contributed by atoms with Gasteiger partial charge < -0.3 is 19.9 Å². The molecule has 0 bridgehead atoms. The first-order valence-corrected chi connectivity index (χ1v) is 11.2. The highest BCUT2D eigenvalue weighted by Crippen LogP contribution is 2.43. The molecule has 0 spiro atoms. The van der Waals surface area contributed by atoms with E-state index in [-0.39, 0.29) is 5.41 Å². The number of aromatic nitrogens is 3. The molecule has 7 nitrogen and oxygen atoms in total. The van der Waals surface area contributed by atoms with Gasteiger partial charge in [0.1, 0.15) is 11.6 Å². The highest BCUT2D eigenvalue weighted by Gasteiger charge is 2.38. The predicted octanol–water partition coefficient (Wildman–Crippen LogP) is 3.49. The van der Waals surface area contributed by atoms with E-state index in [0.717, 1.165) is 35.5 Å². The fourth-order valence-electron chi connectivity index (χ4n) is 4.06. The quantitative estimate of drug-likeness (QED) is 0.421. The van der Waals surface area contributed by atoms with E-state index in [1.54, 1.807) is 7.11 Å². The molecule has 1 heterocycles. The molecule has 3 aromatic rings. The maximum absolute atomic E-state index is 5.26. The van der Waals surface area contributed by atoms with Crippen molar-refractivity contribution in [2.75, 3.05) is 13.7 Å². The minimum absolute atomic E-state index is 0.172. The smallest absolute Gasteiger partial charge is 0.192 e. The zero-order valence-corrected chi connectivity index (χ0v) is 19.1. The van der Waals surface area contributed by atoms with Crippen LogP contribution in [0.25, 0.3) is 0 Å². The van der Waals surface area contributed by atoms with E-state index in [0.29, 0.717) is 13.1 Å². The number of nitrogens with one attached hydrogen (secondary N) is 2. The van der Waals surface area contributed by atoms with Crippen molar-refractivity contribution in [1.29, 1.82) is 0 Å². The third-order valence-corrected chi connectivity index (χ3v) is 6.47. The molecule has 1 aromatic heterocycles. The molecule has 0 aliphatic heterocycles. The average molecular weight is 433 g/mol. The summed E-state index contributed by atoms with van der Waals surface area (Å²) in [4.78, 5) is 4.85. The summed E-state index contributed by atoms with van der Waals surface area (Å²) in [5, 5.41) is 15.5. The summed E-state index contributed by atoms with van der Waals surface area (Å²) in [6.45, 7) is 3.94. The lowest BCUT2D eigenvalue weighted by molar-refractivity contribution is 0.243. The predicted molar refractivity (Wildman–Crippen MR) is 127 cm³/mol. The van der Waals surface area contributed by atoms with E-state index in [4.69, 9.17) is 9.73 Å². The summed E-state index contributed by atoms with van der Waals surface area (Å²) in [6, 6.07) is 18.8. The van der Waals surface area contributed by atoms with Crippen LogP contribution in [0.1, 0.15) is 42.0 Å². The van der Waals surface area contributed by atoms with Gasteiger partial charge in [0, 0.05) is 19.0 Å². The Hall–Kier alpha value is -3.35. The first-order chi connectivity index (χ1) is 15.6. The van der Waals surface area contributed by atoms with Gasteiger partial charge in [0.25, 0.3) is 0 Å². The SMILES string of the molecule is COc1ccc(CN=C(NCc2nnc(C)n2C)NCC2(c3ccccc3)CCC2)cc1. The standard InChI is InChI=1S/C25H32N6O/c1-19-29-30-23(31(19)2)17-27-24(26-16-20-10-12-22(32-3)13-11-20)28-18-25(14-7-15-25)21-8-5-4-6-9-21/h4-6,8-13H,7,14-18H2,1-3H3,(H2,26,27,28). The molecule has 2 aromatic carbocycles. The van der Waals surface area contributed by atoms with Crippen LogP contribution in [0.4, 0.5) is 0 Å². The van der Waals surface area contributed by atoms with Gasteiger partial charge in [0.2, 0.25) is 0 Å². The van der Waals surface area contributed by atoms with Crippen LogP contribution in [0.2, 0.25) is 0 Å². The molecule has 4 rings (SSSR count). The second-order valence-corrected chi connectivity index (χ2v) is 8.44. The number of rotatable bonds is 8. The van der Waals surface area contributed by atoms with Crippen molar-refractivity contribution in [2.24, 2.45) is 12.0 Å². The summed E-state index contributed by atoms with van der Waals surface area (Å²) >= 11 is 0. The molecule has 168 valence electrons. The minimum Gasteiger partial charge on any atom is -0.497 e. The van der Waals surface area contributed by atoms with Gasteiger partial charge in [-0.2, -0.15) is 0 Å². The topological polar surface area (TPSA) is 76.4 Å². The molecule has 7 heteroatoms. The van der Waals surface area contributed by atoms with Crippen molar-refractivity contribution in [3.63, 3.8) is 0 Å². The second-order valence-electron chi connectivity index (χ2n) is 8.44. The lowest BCUT2D eigenvalue weighted by atomic mass is 9.64. The van der Waals surface area contributed by atoms with E-state index in [1.807, 2.05) is 42.8 Å². The Labute approximate surface area is 189 Å². The molecular weight excluding hydrogens is 400 g/mol. The molecule has 0 amide bonds. The number of aryl methyl sites for hydroxylation is 1. The van der Waals surface area contributed by atoms with Crippen LogP contribution in [0.3, 0.4) is 0 Å². The summed E-state index contributed by atoms with van der Waals surface area (Å²) in [7, 11) is 3.66. The van der Waals surface area contributed by atoms with Crippen molar-refractivity contribution >= 4 is 5.96 Å². The molecule has 1 saturated carbocycles. The van der Waals surface area contributed by atoms with Crippen molar-refractivity contribution in [3.8, 4) is 5.75 Å². The summed E-state index contributed by atoms with van der Waals surface area (Å²) < 4.78 is 7.25. The molecule has 0 radical (unpaired) electrons. The molecule has 1 fully saturated rings. The number of ether oxygens (including phenoxy) is 1. The van der Waals surface area contributed by atoms with Crippen LogP contribution in [-0.4, -0.2) is 34.4 Å². The van der Waals surface area contributed by atoms with E-state index in [1.165, 1.54) is 24.8 Å². The number of hydrogen-bond donors (Lipinski definition) is 2. The molecule has 1 aliphatic rings. The molecule has 0 unspecified atom stereocenters. The van der Waals surface area contributed by atoms with Gasteiger partial charge in [0.15, 0.2) is 11.8 Å². The number of guanidine groups is 1. The van der Waals surface area contributed by atoms with E-state index in [9.17, 15) is 0 Å². The Morgan fingerprint density at radius 2 is 1.81 bits per heavy atom. The molecule has 0 saturated heterocycles. The van der Waals surface area contributed by atoms with Crippen molar-refractivity contribution < 1.29 is 4.74 Å². The molecular formula is C25H32N6O. The Bertz CT molecular complexity index is 1040. The lowest BCUT2D eigenvalue weighted by Gasteiger charge is -2.43. The molecule has 0 atom stereocenters. The van der Waals surface area contributed by atoms with Crippen LogP contribution in [0, 0.1) is 6.92 Å².